The molecule has 0 heterocycles. The molecule has 2 aliphatic rings. The third-order valence-electron chi connectivity index (χ3n) is 5.20. The van der Waals surface area contributed by atoms with Gasteiger partial charge in [0.1, 0.15) is 0 Å². The highest BCUT2D eigenvalue weighted by Crippen LogP contribution is 2.39. The Hall–Kier alpha value is -1.62. The summed E-state index contributed by atoms with van der Waals surface area (Å²) in [6.45, 7) is 1.66. The number of hydrogen-bond donors (Lipinski definition) is 2. The zero-order chi connectivity index (χ0) is 16.4. The Bertz CT molecular complexity index is 552. The summed E-state index contributed by atoms with van der Waals surface area (Å²) < 4.78 is 19.1. The largest absolute Gasteiger partial charge is 0.478 e. The third-order valence-corrected chi connectivity index (χ3v) is 5.20. The van der Waals surface area contributed by atoms with Crippen LogP contribution in [-0.4, -0.2) is 24.1 Å². The Morgan fingerprint density at radius 3 is 2.61 bits per heavy atom. The number of benzene rings is 1. The normalized spacial score (nSPS) is 31.3. The minimum atomic E-state index is -0.719. The van der Waals surface area contributed by atoms with Crippen LogP contribution in [0, 0.1) is 17.7 Å². The van der Waals surface area contributed by atoms with Crippen molar-refractivity contribution in [3.05, 3.63) is 30.1 Å². The second-order valence-electron chi connectivity index (χ2n) is 6.91. The van der Waals surface area contributed by atoms with E-state index in [-0.39, 0.29) is 23.7 Å². The number of nitrogens with one attached hydrogen (secondary N) is 1. The SMILES string of the molecule is CC(Oc1ccccc1F)C(=O)NC1C2CCCC1CC(N)C2. The van der Waals surface area contributed by atoms with Crippen LogP contribution < -0.4 is 15.8 Å². The van der Waals surface area contributed by atoms with Gasteiger partial charge in [-0.15, -0.1) is 0 Å². The van der Waals surface area contributed by atoms with Crippen LogP contribution in [0.2, 0.25) is 0 Å². The Kier molecular flexibility index (Phi) is 4.85. The summed E-state index contributed by atoms with van der Waals surface area (Å²) >= 11 is 0. The summed E-state index contributed by atoms with van der Waals surface area (Å²) in [6, 6.07) is 6.59. The molecular weight excluding hydrogens is 295 g/mol. The number of rotatable bonds is 4. The quantitative estimate of drug-likeness (QED) is 0.896. The van der Waals surface area contributed by atoms with Gasteiger partial charge < -0.3 is 15.8 Å². The molecule has 3 rings (SSSR count). The van der Waals surface area contributed by atoms with Gasteiger partial charge in [0.15, 0.2) is 17.7 Å². The van der Waals surface area contributed by atoms with Crippen LogP contribution in [-0.2, 0) is 4.79 Å². The molecule has 4 nitrogen and oxygen atoms in total. The van der Waals surface area contributed by atoms with E-state index in [0.717, 1.165) is 25.7 Å². The maximum absolute atomic E-state index is 13.6. The van der Waals surface area contributed by atoms with Gasteiger partial charge in [-0.1, -0.05) is 18.6 Å². The van der Waals surface area contributed by atoms with Crippen molar-refractivity contribution < 1.29 is 13.9 Å². The van der Waals surface area contributed by atoms with Crippen LogP contribution in [0.5, 0.6) is 5.75 Å². The fourth-order valence-electron chi connectivity index (χ4n) is 4.09. The molecule has 0 saturated heterocycles. The van der Waals surface area contributed by atoms with Crippen molar-refractivity contribution in [1.29, 1.82) is 0 Å². The first-order valence-corrected chi connectivity index (χ1v) is 8.51. The molecule has 0 spiro atoms. The Morgan fingerprint density at radius 2 is 1.96 bits per heavy atom. The zero-order valence-corrected chi connectivity index (χ0v) is 13.5. The standard InChI is InChI=1S/C18H25FN2O2/c1-11(23-16-8-3-2-7-15(16)19)18(22)21-17-12-5-4-6-13(17)10-14(20)9-12/h2-3,7-8,11-14,17H,4-6,9-10,20H2,1H3,(H,21,22). The molecule has 2 saturated carbocycles. The van der Waals surface area contributed by atoms with Gasteiger partial charge in [-0.3, -0.25) is 4.79 Å². The van der Waals surface area contributed by atoms with E-state index >= 15 is 0 Å². The summed E-state index contributed by atoms with van der Waals surface area (Å²) in [6.07, 6.45) is 4.70. The number of para-hydroxylation sites is 1. The molecule has 5 heteroatoms. The second-order valence-corrected chi connectivity index (χ2v) is 6.91. The minimum absolute atomic E-state index is 0.112. The first-order valence-electron chi connectivity index (χ1n) is 8.51. The molecule has 0 aliphatic heterocycles. The summed E-state index contributed by atoms with van der Waals surface area (Å²) in [5.41, 5.74) is 6.12. The molecule has 1 aromatic rings. The molecule has 2 bridgehead atoms. The summed E-state index contributed by atoms with van der Waals surface area (Å²) in [7, 11) is 0. The highest BCUT2D eigenvalue weighted by atomic mass is 19.1. The number of ether oxygens (including phenoxy) is 1. The first kappa shape index (κ1) is 16.2. The Labute approximate surface area is 136 Å². The van der Waals surface area contributed by atoms with Crippen molar-refractivity contribution in [2.75, 3.05) is 0 Å². The van der Waals surface area contributed by atoms with Crippen molar-refractivity contribution in [2.45, 2.75) is 57.2 Å². The van der Waals surface area contributed by atoms with Crippen molar-refractivity contribution in [1.82, 2.24) is 5.32 Å². The number of fused-ring (bicyclic) bond motifs is 2. The van der Waals surface area contributed by atoms with Crippen LogP contribution in [0.25, 0.3) is 0 Å². The summed E-state index contributed by atoms with van der Waals surface area (Å²) in [5, 5.41) is 3.14. The van der Waals surface area contributed by atoms with E-state index in [1.54, 1.807) is 19.1 Å². The van der Waals surface area contributed by atoms with Crippen molar-refractivity contribution in [3.63, 3.8) is 0 Å². The zero-order valence-electron chi connectivity index (χ0n) is 13.5. The number of hydrogen-bond acceptors (Lipinski definition) is 3. The number of carbonyl (C=O) groups is 1. The van der Waals surface area contributed by atoms with E-state index < -0.39 is 11.9 Å². The highest BCUT2D eigenvalue weighted by Gasteiger charge is 2.40. The van der Waals surface area contributed by atoms with Crippen LogP contribution >= 0.6 is 0 Å². The predicted molar refractivity (Wildman–Crippen MR) is 86.5 cm³/mol. The Balaban J connectivity index is 1.61. The molecule has 1 amide bonds. The molecule has 126 valence electrons. The van der Waals surface area contributed by atoms with Gasteiger partial charge >= 0.3 is 0 Å². The molecule has 0 radical (unpaired) electrons. The smallest absolute Gasteiger partial charge is 0.261 e. The maximum atomic E-state index is 13.6. The average Bonchev–Trinajstić information content (AvgIpc) is 2.50. The van der Waals surface area contributed by atoms with Crippen LogP contribution in [0.1, 0.15) is 39.0 Å². The third kappa shape index (κ3) is 3.66. The van der Waals surface area contributed by atoms with E-state index in [4.69, 9.17) is 10.5 Å². The fourth-order valence-corrected chi connectivity index (χ4v) is 4.09. The number of nitrogens with two attached hydrogens (primary N) is 1. The lowest BCUT2D eigenvalue weighted by Gasteiger charge is -2.45. The van der Waals surface area contributed by atoms with Crippen LogP contribution in [0.15, 0.2) is 24.3 Å². The van der Waals surface area contributed by atoms with Gasteiger partial charge in [-0.05, 0) is 56.6 Å². The molecule has 0 aromatic heterocycles. The maximum Gasteiger partial charge on any atom is 0.261 e. The second kappa shape index (κ2) is 6.87. The Morgan fingerprint density at radius 1 is 1.30 bits per heavy atom. The van der Waals surface area contributed by atoms with Gasteiger partial charge in [0.25, 0.3) is 5.91 Å². The van der Waals surface area contributed by atoms with E-state index in [0.29, 0.717) is 11.8 Å². The fraction of sp³-hybridized carbons (Fsp3) is 0.611. The topological polar surface area (TPSA) is 64.3 Å². The van der Waals surface area contributed by atoms with Gasteiger partial charge in [-0.25, -0.2) is 4.39 Å². The lowest BCUT2D eigenvalue weighted by molar-refractivity contribution is -0.129. The van der Waals surface area contributed by atoms with E-state index in [1.807, 2.05) is 0 Å². The average molecular weight is 320 g/mol. The van der Waals surface area contributed by atoms with Gasteiger partial charge in [0, 0.05) is 12.1 Å². The molecule has 23 heavy (non-hydrogen) atoms. The molecule has 3 atom stereocenters. The van der Waals surface area contributed by atoms with Gasteiger partial charge in [0.2, 0.25) is 0 Å². The molecule has 3 unspecified atom stereocenters. The van der Waals surface area contributed by atoms with Gasteiger partial charge in [0.05, 0.1) is 0 Å². The molecule has 2 aliphatic carbocycles. The van der Waals surface area contributed by atoms with Crippen LogP contribution in [0.3, 0.4) is 0 Å². The van der Waals surface area contributed by atoms with Crippen molar-refractivity contribution >= 4 is 5.91 Å². The van der Waals surface area contributed by atoms with E-state index in [1.165, 1.54) is 18.6 Å². The molecular formula is C18H25FN2O2. The molecule has 3 N–H and O–H groups in total. The van der Waals surface area contributed by atoms with Gasteiger partial charge in [-0.2, -0.15) is 0 Å². The minimum Gasteiger partial charge on any atom is -0.478 e. The lowest BCUT2D eigenvalue weighted by atomic mass is 9.67. The van der Waals surface area contributed by atoms with E-state index in [9.17, 15) is 9.18 Å². The molecule has 1 aromatic carbocycles. The first-order chi connectivity index (χ1) is 11.0. The monoisotopic (exact) mass is 320 g/mol. The highest BCUT2D eigenvalue weighted by molar-refractivity contribution is 5.81. The van der Waals surface area contributed by atoms with Crippen molar-refractivity contribution in [2.24, 2.45) is 17.6 Å². The predicted octanol–water partition coefficient (Wildman–Crippen LogP) is 2.62. The van der Waals surface area contributed by atoms with Crippen LogP contribution in [0.4, 0.5) is 4.39 Å². The number of halogens is 1. The van der Waals surface area contributed by atoms with Crippen molar-refractivity contribution in [3.8, 4) is 5.75 Å². The lowest BCUT2D eigenvalue weighted by Crippen LogP contribution is -2.55. The molecule has 2 fully saturated rings. The van der Waals surface area contributed by atoms with E-state index in [2.05, 4.69) is 5.32 Å². The number of amides is 1. The summed E-state index contributed by atoms with van der Waals surface area (Å²) in [5.74, 6) is 0.406. The summed E-state index contributed by atoms with van der Waals surface area (Å²) in [4.78, 5) is 12.4. The number of carbonyl (C=O) groups excluding carboxylic acids is 1.